The van der Waals surface area contributed by atoms with E-state index in [4.69, 9.17) is 0 Å². The molecule has 26 heavy (non-hydrogen) atoms. The molecule has 0 fully saturated rings. The molecule has 0 aliphatic rings. The van der Waals surface area contributed by atoms with E-state index in [0.29, 0.717) is 0 Å². The monoisotopic (exact) mass is 489 g/mol. The predicted octanol–water partition coefficient (Wildman–Crippen LogP) is 0.638. The molecule has 0 saturated heterocycles. The van der Waals surface area contributed by atoms with Crippen LogP contribution in [0.2, 0.25) is 12.1 Å². The van der Waals surface area contributed by atoms with Crippen molar-refractivity contribution in [3.05, 3.63) is 58.7 Å². The molecular formula is C22H37Cl2SiZr. The second-order valence-corrected chi connectivity index (χ2v) is 8.28. The molecule has 0 aliphatic carbocycles. The number of rotatable bonds is 6. The molecule has 0 heterocycles. The van der Waals surface area contributed by atoms with E-state index in [2.05, 4.69) is 77.9 Å². The molecule has 0 nitrogen and oxygen atoms in total. The number of aryl methyl sites for hydroxylation is 4. The molecule has 0 spiro atoms. The van der Waals surface area contributed by atoms with Crippen molar-refractivity contribution in [3.63, 3.8) is 0 Å². The van der Waals surface area contributed by atoms with Gasteiger partial charge >= 0.3 is 26.2 Å². The van der Waals surface area contributed by atoms with Crippen LogP contribution in [0.5, 0.6) is 0 Å². The molecular weight excluding hydrogens is 454 g/mol. The Morgan fingerprint density at radius 3 is 1.23 bits per heavy atom. The van der Waals surface area contributed by atoms with Crippen molar-refractivity contribution >= 4 is 9.52 Å². The average Bonchev–Trinajstić information content (AvgIpc) is 3.12. The summed E-state index contributed by atoms with van der Waals surface area (Å²) in [6.45, 7) is 13.3. The van der Waals surface area contributed by atoms with Crippen LogP contribution in [-0.2, 0) is 39.0 Å². The molecule has 2 aromatic rings. The summed E-state index contributed by atoms with van der Waals surface area (Å²) in [7, 11) is 0.815. The van der Waals surface area contributed by atoms with Crippen LogP contribution >= 0.6 is 0 Å². The maximum atomic E-state index is 2.25. The molecule has 0 unspecified atom stereocenters. The second-order valence-electron chi connectivity index (χ2n) is 6.07. The van der Waals surface area contributed by atoms with Gasteiger partial charge in [0, 0.05) is 9.52 Å². The van der Waals surface area contributed by atoms with E-state index in [-0.39, 0.29) is 51.0 Å². The minimum atomic E-state index is 0. The van der Waals surface area contributed by atoms with Crippen molar-refractivity contribution < 1.29 is 51.0 Å². The predicted molar refractivity (Wildman–Crippen MR) is 110 cm³/mol. The molecule has 1 radical (unpaired) electrons. The largest absolute Gasteiger partial charge is 4.00 e. The topological polar surface area (TPSA) is 0 Å². The molecule has 0 atom stereocenters. The number of hydrogen-bond donors (Lipinski definition) is 0. The summed E-state index contributed by atoms with van der Waals surface area (Å²) >= 11 is 0. The Kier molecular flexibility index (Phi) is 30.6. The van der Waals surface area contributed by atoms with Crippen molar-refractivity contribution in [2.45, 2.75) is 79.3 Å². The summed E-state index contributed by atoms with van der Waals surface area (Å²) in [6, 6.07) is 15.9. The van der Waals surface area contributed by atoms with E-state index in [0.717, 1.165) is 9.52 Å². The Hall–Kier alpha value is 0.380. The van der Waals surface area contributed by atoms with Gasteiger partial charge in [0.05, 0.1) is 0 Å². The zero-order chi connectivity index (χ0) is 17.5. The summed E-state index contributed by atoms with van der Waals surface area (Å²) in [5.74, 6) is 0. The summed E-state index contributed by atoms with van der Waals surface area (Å²) in [5.41, 5.74) is 5.91. The number of hydrogen-bond acceptors (Lipinski definition) is 0. The fourth-order valence-corrected chi connectivity index (χ4v) is 3.06. The van der Waals surface area contributed by atoms with E-state index in [1.807, 2.05) is 0 Å². The third-order valence-electron chi connectivity index (χ3n) is 3.92. The smallest absolute Gasteiger partial charge is 1.00 e. The van der Waals surface area contributed by atoms with Crippen LogP contribution < -0.4 is 24.8 Å². The minimum Gasteiger partial charge on any atom is -1.00 e. The fourth-order valence-electron chi connectivity index (χ4n) is 2.48. The Balaban J connectivity index is -0.000000137. The third-order valence-corrected chi connectivity index (χ3v) is 5.07. The molecule has 2 aromatic carbocycles. The van der Waals surface area contributed by atoms with Crippen molar-refractivity contribution in [2.24, 2.45) is 0 Å². The zero-order valence-corrected chi connectivity index (χ0v) is 22.7. The molecule has 0 bridgehead atoms. The first-order valence-corrected chi connectivity index (χ1v) is 11.0. The van der Waals surface area contributed by atoms with Gasteiger partial charge in [-0.3, -0.25) is 0 Å². The first-order valence-electron chi connectivity index (χ1n) is 9.34. The Morgan fingerprint density at radius 1 is 0.731 bits per heavy atom. The van der Waals surface area contributed by atoms with Crippen molar-refractivity contribution in [1.82, 2.24) is 0 Å². The van der Waals surface area contributed by atoms with Gasteiger partial charge in [0.2, 0.25) is 0 Å². The molecule has 0 aromatic heterocycles. The van der Waals surface area contributed by atoms with Crippen LogP contribution in [0.15, 0.2) is 36.4 Å². The maximum absolute atomic E-state index is 2.25. The third kappa shape index (κ3) is 16.5. The Morgan fingerprint density at radius 2 is 1.08 bits per heavy atom. The van der Waals surface area contributed by atoms with Crippen LogP contribution in [-0.4, -0.2) is 9.52 Å². The summed E-state index contributed by atoms with van der Waals surface area (Å²) in [5, 5.41) is 0. The van der Waals surface area contributed by atoms with Gasteiger partial charge in [-0.2, -0.15) is 34.4 Å². The zero-order valence-electron chi connectivity index (χ0n) is 17.5. The minimum absolute atomic E-state index is 0. The van der Waals surface area contributed by atoms with Gasteiger partial charge in [0.1, 0.15) is 0 Å². The van der Waals surface area contributed by atoms with E-state index >= 15 is 0 Å². The average molecular weight is 492 g/mol. The normalized spacial score (nSPS) is 8.54. The van der Waals surface area contributed by atoms with Crippen LogP contribution in [0.3, 0.4) is 0 Å². The second kappa shape index (κ2) is 23.4. The molecule has 0 amide bonds. The van der Waals surface area contributed by atoms with E-state index in [9.17, 15) is 0 Å². The van der Waals surface area contributed by atoms with Crippen LogP contribution in [0, 0.1) is 13.8 Å². The van der Waals surface area contributed by atoms with Gasteiger partial charge in [-0.1, -0.05) is 79.3 Å². The SMILES string of the molecule is CCC[c-]1cccc1C.CCC[c-]1cccc1C.CC[SiH]CC.[Cl-].[Cl-].[Zr+4]. The Bertz CT molecular complexity index is 448. The quantitative estimate of drug-likeness (QED) is 0.411. The van der Waals surface area contributed by atoms with Crippen molar-refractivity contribution in [2.75, 3.05) is 0 Å². The summed E-state index contributed by atoms with van der Waals surface area (Å²) < 4.78 is 0. The Labute approximate surface area is 197 Å². The summed E-state index contributed by atoms with van der Waals surface area (Å²) in [6.07, 6.45) is 4.98. The van der Waals surface area contributed by atoms with Crippen LogP contribution in [0.25, 0.3) is 0 Å². The van der Waals surface area contributed by atoms with Gasteiger partial charge in [-0.15, -0.1) is 0 Å². The van der Waals surface area contributed by atoms with Crippen molar-refractivity contribution in [3.8, 4) is 0 Å². The van der Waals surface area contributed by atoms with Gasteiger partial charge in [0.15, 0.2) is 0 Å². The molecule has 0 aliphatic heterocycles. The van der Waals surface area contributed by atoms with Gasteiger partial charge in [0.25, 0.3) is 0 Å². The first kappa shape index (κ1) is 33.9. The van der Waals surface area contributed by atoms with Gasteiger partial charge < -0.3 is 24.8 Å². The fraction of sp³-hybridized carbons (Fsp3) is 0.545. The van der Waals surface area contributed by atoms with E-state index < -0.39 is 0 Å². The molecule has 4 heteroatoms. The standard InChI is InChI=1S/2C9H13.C4H11Si.2ClH.Zr/c2*1-3-5-9-7-4-6-8(9)2;1-3-5-4-2;;;/h2*4,6-7H,3,5H2,1-2H3;5H,3-4H2,1-2H3;2*1H;/q2*-1;;;;+4/p-2. The first-order chi connectivity index (χ1) is 11.1. The maximum Gasteiger partial charge on any atom is 4.00 e. The number of halogens is 2. The molecule has 0 N–H and O–H groups in total. The van der Waals surface area contributed by atoms with Crippen LogP contribution in [0.4, 0.5) is 0 Å². The summed E-state index contributed by atoms with van der Waals surface area (Å²) in [4.78, 5) is 0. The van der Waals surface area contributed by atoms with E-state index in [1.54, 1.807) is 0 Å². The van der Waals surface area contributed by atoms with Crippen molar-refractivity contribution in [1.29, 1.82) is 0 Å². The van der Waals surface area contributed by atoms with E-state index in [1.165, 1.54) is 60.0 Å². The van der Waals surface area contributed by atoms with Gasteiger partial charge in [-0.25, -0.2) is 24.3 Å². The molecule has 0 saturated carbocycles. The molecule has 2 rings (SSSR count). The molecule has 147 valence electrons. The van der Waals surface area contributed by atoms with Gasteiger partial charge in [-0.05, 0) is 0 Å². The van der Waals surface area contributed by atoms with Crippen LogP contribution in [0.1, 0.15) is 62.8 Å².